The van der Waals surface area contributed by atoms with Crippen LogP contribution in [-0.4, -0.2) is 29.4 Å². The van der Waals surface area contributed by atoms with Crippen LogP contribution < -0.4 is 9.29 Å². The van der Waals surface area contributed by atoms with Gasteiger partial charge in [-0.3, -0.25) is 4.99 Å². The molecule has 1 aromatic heterocycles. The van der Waals surface area contributed by atoms with Gasteiger partial charge in [-0.05, 0) is 30.3 Å². The third kappa shape index (κ3) is 4.13. The highest BCUT2D eigenvalue weighted by atomic mass is 35.5. The summed E-state index contributed by atoms with van der Waals surface area (Å²) >= 11 is 6.34. The van der Waals surface area contributed by atoms with Gasteiger partial charge in [-0.15, -0.1) is 4.68 Å². The molecule has 0 saturated heterocycles. The summed E-state index contributed by atoms with van der Waals surface area (Å²) in [6.45, 7) is 0.313. The quantitative estimate of drug-likeness (QED) is 0.451. The van der Waals surface area contributed by atoms with E-state index in [-0.39, 0.29) is 16.3 Å². The van der Waals surface area contributed by atoms with E-state index in [0.29, 0.717) is 11.6 Å². The molecule has 0 radical (unpaired) electrons. The molecule has 4 aromatic rings. The van der Waals surface area contributed by atoms with E-state index in [1.54, 1.807) is 52.7 Å². The summed E-state index contributed by atoms with van der Waals surface area (Å²) in [5, 5.41) is 5.01. The summed E-state index contributed by atoms with van der Waals surface area (Å²) in [6.07, 6.45) is 0. The topological polar surface area (TPSA) is 110 Å². The predicted molar refractivity (Wildman–Crippen MR) is 125 cm³/mol. The van der Waals surface area contributed by atoms with Crippen molar-refractivity contribution in [1.82, 2.24) is 9.78 Å². The molecular weight excluding hydrogens is 462 g/mol. The highest BCUT2D eigenvalue weighted by Gasteiger charge is 2.32. The number of nitrogens with zero attached hydrogens (tertiary/aromatic N) is 4. The van der Waals surface area contributed by atoms with Crippen LogP contribution in [0.15, 0.2) is 88.8 Å². The Balaban J connectivity index is 0.00000259. The van der Waals surface area contributed by atoms with Gasteiger partial charge in [-0.25, -0.2) is 0 Å². The molecule has 0 unspecified atom stereocenters. The van der Waals surface area contributed by atoms with Crippen LogP contribution in [0.3, 0.4) is 0 Å². The number of sulfonamides is 1. The minimum atomic E-state index is -3.83. The number of anilines is 1. The van der Waals surface area contributed by atoms with Crippen molar-refractivity contribution in [1.29, 1.82) is 0 Å². The molecule has 0 atom stereocenters. The molecule has 1 aliphatic heterocycles. The normalized spacial score (nSPS) is 12.6. The maximum Gasteiger partial charge on any atom is 0.397 e. The summed E-state index contributed by atoms with van der Waals surface area (Å²) in [5.74, 6) is 0.907. The third-order valence-corrected chi connectivity index (χ3v) is 6.83. The summed E-state index contributed by atoms with van der Waals surface area (Å²) in [5.41, 5.74) is 3.26. The summed E-state index contributed by atoms with van der Waals surface area (Å²) in [6, 6.07) is 23.5. The van der Waals surface area contributed by atoms with Gasteiger partial charge in [-0.2, -0.15) is 17.7 Å². The lowest BCUT2D eigenvalue weighted by molar-refractivity contribution is -0.589. The fourth-order valence-corrected chi connectivity index (χ4v) is 4.93. The third-order valence-electron chi connectivity index (χ3n) is 5.25. The molecule has 0 fully saturated rings. The summed E-state index contributed by atoms with van der Waals surface area (Å²) in [7, 11) is -2.06. The van der Waals surface area contributed by atoms with Crippen LogP contribution in [0.4, 0.5) is 5.95 Å². The Morgan fingerprint density at radius 3 is 2.36 bits per heavy atom. The smallest absolute Gasteiger partial charge is 0.397 e. The van der Waals surface area contributed by atoms with Crippen LogP contribution in [0, 0.1) is 0 Å². The van der Waals surface area contributed by atoms with Crippen LogP contribution in [0.1, 0.15) is 17.0 Å². The number of hydrogen-bond donors (Lipinski definition) is 1. The van der Waals surface area contributed by atoms with Crippen molar-refractivity contribution in [3.05, 3.63) is 101 Å². The average molecular weight is 482 g/mol. The minimum absolute atomic E-state index is 0. The molecule has 168 valence electrons. The monoisotopic (exact) mass is 481 g/mol. The second-order valence-electron chi connectivity index (χ2n) is 7.31. The first-order chi connectivity index (χ1) is 15.4. The van der Waals surface area contributed by atoms with E-state index >= 15 is 0 Å². The van der Waals surface area contributed by atoms with Gasteiger partial charge in [0.15, 0.2) is 0 Å². The Labute approximate surface area is 196 Å². The van der Waals surface area contributed by atoms with E-state index < -0.39 is 10.0 Å². The number of halogens is 1. The Morgan fingerprint density at radius 2 is 1.67 bits per heavy atom. The first-order valence-electron chi connectivity index (χ1n) is 9.90. The zero-order chi connectivity index (χ0) is 22.3. The number of fused-ring (bicyclic) bond motifs is 3. The van der Waals surface area contributed by atoms with Crippen molar-refractivity contribution in [2.45, 2.75) is 11.4 Å². The molecule has 3 aromatic carbocycles. The van der Waals surface area contributed by atoms with E-state index in [9.17, 15) is 8.42 Å². The molecule has 2 N–H and O–H groups in total. The SMILES string of the molecule is Cn1nc(NS(=O)(=O)c2ccccc2)[n+]2c1CN=C(c1ccccc1)c1cc(Cl)ccc1-2.[OH-]. The number of aliphatic imine (C=N–C) groups is 1. The molecule has 0 bridgehead atoms. The molecule has 0 aliphatic carbocycles. The number of nitrogens with one attached hydrogen (secondary N) is 1. The van der Waals surface area contributed by atoms with Gasteiger partial charge >= 0.3 is 5.95 Å². The molecule has 0 spiro atoms. The lowest BCUT2D eigenvalue weighted by Gasteiger charge is -2.11. The maximum atomic E-state index is 13.0. The fourth-order valence-electron chi connectivity index (χ4n) is 3.75. The number of hydrogen-bond acceptors (Lipinski definition) is 5. The molecule has 0 saturated carbocycles. The van der Waals surface area contributed by atoms with Crippen molar-refractivity contribution in [3.8, 4) is 5.69 Å². The number of rotatable bonds is 4. The lowest BCUT2D eigenvalue weighted by atomic mass is 10.0. The summed E-state index contributed by atoms with van der Waals surface area (Å²) in [4.78, 5) is 5.00. The van der Waals surface area contributed by atoms with Crippen LogP contribution >= 0.6 is 11.6 Å². The molecule has 1 aliphatic rings. The van der Waals surface area contributed by atoms with Crippen LogP contribution in [-0.2, 0) is 23.6 Å². The maximum absolute atomic E-state index is 13.0. The highest BCUT2D eigenvalue weighted by molar-refractivity contribution is 7.92. The minimum Gasteiger partial charge on any atom is -0.870 e. The zero-order valence-electron chi connectivity index (χ0n) is 17.6. The molecule has 5 rings (SSSR count). The van der Waals surface area contributed by atoms with Crippen molar-refractivity contribution in [3.63, 3.8) is 0 Å². The van der Waals surface area contributed by atoms with E-state index in [4.69, 9.17) is 16.6 Å². The standard InChI is InChI=1S/C23H19ClN5O2S.H2O/c1-28-21-15-25-22(16-8-4-2-5-9-16)19-14-17(24)12-13-20(19)29(21)23(26-28)27-32(30,31)18-10-6-3-7-11-18;/h2-14H,15H2,1H3,(H,26,27);1H2/q+1;/p-1. The average Bonchev–Trinajstić information content (AvgIpc) is 2.99. The number of aryl methyl sites for hydroxylation is 1. The van der Waals surface area contributed by atoms with E-state index in [2.05, 4.69) is 9.82 Å². The van der Waals surface area contributed by atoms with Gasteiger partial charge in [0.25, 0.3) is 10.0 Å². The largest absolute Gasteiger partial charge is 0.870 e. The van der Waals surface area contributed by atoms with Gasteiger partial charge in [-0.1, -0.05) is 60.1 Å². The molecule has 10 heteroatoms. The first-order valence-corrected chi connectivity index (χ1v) is 11.8. The Bertz CT molecular complexity index is 1450. The highest BCUT2D eigenvalue weighted by Crippen LogP contribution is 2.25. The van der Waals surface area contributed by atoms with Gasteiger partial charge < -0.3 is 5.48 Å². The van der Waals surface area contributed by atoms with Crippen molar-refractivity contribution >= 4 is 33.3 Å². The van der Waals surface area contributed by atoms with Crippen LogP contribution in [0.25, 0.3) is 5.69 Å². The van der Waals surface area contributed by atoms with Crippen LogP contribution in [0.2, 0.25) is 5.02 Å². The second-order valence-corrected chi connectivity index (χ2v) is 9.43. The Morgan fingerprint density at radius 1 is 1.00 bits per heavy atom. The molecular formula is C23H20ClN5O3S. The molecule has 8 nitrogen and oxygen atoms in total. The molecule has 2 heterocycles. The van der Waals surface area contributed by atoms with E-state index in [0.717, 1.165) is 28.4 Å². The van der Waals surface area contributed by atoms with Crippen molar-refractivity contribution in [2.24, 2.45) is 12.0 Å². The molecule has 0 amide bonds. The van der Waals surface area contributed by atoms with Gasteiger partial charge in [0.1, 0.15) is 12.2 Å². The Hall–Kier alpha value is -3.53. The van der Waals surface area contributed by atoms with Gasteiger partial charge in [0.05, 0.1) is 17.7 Å². The van der Waals surface area contributed by atoms with E-state index in [1.165, 1.54) is 0 Å². The van der Waals surface area contributed by atoms with E-state index in [1.807, 2.05) is 42.5 Å². The number of benzene rings is 3. The van der Waals surface area contributed by atoms with Gasteiger partial charge in [0.2, 0.25) is 5.82 Å². The predicted octanol–water partition coefficient (Wildman–Crippen LogP) is 3.33. The first kappa shape index (κ1) is 22.7. The summed E-state index contributed by atoms with van der Waals surface area (Å²) < 4.78 is 32.1. The molecule has 33 heavy (non-hydrogen) atoms. The Kier molecular flexibility index (Phi) is 6.03. The zero-order valence-corrected chi connectivity index (χ0v) is 19.1. The second kappa shape index (κ2) is 8.78. The van der Waals surface area contributed by atoms with Gasteiger partial charge in [0, 0.05) is 21.2 Å². The van der Waals surface area contributed by atoms with Crippen molar-refractivity contribution < 1.29 is 18.5 Å². The fraction of sp³-hybridized carbons (Fsp3) is 0.0870. The lowest BCUT2D eigenvalue weighted by Crippen LogP contribution is -2.39. The number of aromatic nitrogens is 3. The van der Waals surface area contributed by atoms with Crippen LogP contribution in [0.5, 0.6) is 0 Å². The van der Waals surface area contributed by atoms with Crippen molar-refractivity contribution in [2.75, 3.05) is 4.72 Å².